The van der Waals surface area contributed by atoms with Gasteiger partial charge in [-0.2, -0.15) is 0 Å². The molecule has 0 bridgehead atoms. The molecule has 0 saturated heterocycles. The van der Waals surface area contributed by atoms with E-state index in [1.165, 1.54) is 0 Å². The summed E-state index contributed by atoms with van der Waals surface area (Å²) in [6.07, 6.45) is 0.542. The highest BCUT2D eigenvalue weighted by Gasteiger charge is 2.24. The molecule has 2 rings (SSSR count). The number of hydrogen-bond donors (Lipinski definition) is 0. The van der Waals surface area contributed by atoms with Crippen LogP contribution in [0.4, 0.5) is 5.69 Å². The molecule has 2 heteroatoms. The van der Waals surface area contributed by atoms with Gasteiger partial charge in [0.15, 0.2) is 0 Å². The molecule has 0 atom stereocenters. The molecule has 0 spiro atoms. The maximum atomic E-state index is 11.4. The first-order valence-corrected chi connectivity index (χ1v) is 4.13. The first kappa shape index (κ1) is 7.35. The minimum atomic E-state index is 0.190. The van der Waals surface area contributed by atoms with E-state index in [9.17, 15) is 4.79 Å². The van der Waals surface area contributed by atoms with Crippen molar-refractivity contribution < 1.29 is 4.79 Å². The van der Waals surface area contributed by atoms with Gasteiger partial charge in [-0.3, -0.25) is 4.79 Å². The van der Waals surface area contributed by atoms with Crippen molar-refractivity contribution in [3.05, 3.63) is 29.8 Å². The fourth-order valence-corrected chi connectivity index (χ4v) is 1.57. The molecule has 0 aliphatic carbocycles. The predicted octanol–water partition coefficient (Wildman–Crippen LogP) is 1.40. The first-order valence-electron chi connectivity index (χ1n) is 4.13. The van der Waals surface area contributed by atoms with Gasteiger partial charge in [-0.25, -0.2) is 0 Å². The molecule has 1 aromatic rings. The second-order valence-electron chi connectivity index (χ2n) is 2.86. The maximum absolute atomic E-state index is 11.4. The lowest BCUT2D eigenvalue weighted by molar-refractivity contribution is -0.117. The molecule has 1 heterocycles. The molecule has 2 nitrogen and oxygen atoms in total. The number of anilines is 1. The molecule has 0 N–H and O–H groups in total. The third kappa shape index (κ3) is 0.916. The smallest absolute Gasteiger partial charge is 0.231 e. The van der Waals surface area contributed by atoms with Crippen LogP contribution >= 0.6 is 0 Å². The Morgan fingerprint density at radius 1 is 1.67 bits per heavy atom. The average Bonchev–Trinajstić information content (AvgIpc) is 2.40. The molecular formula is C10H10NO. The van der Waals surface area contributed by atoms with E-state index in [0.29, 0.717) is 6.42 Å². The number of likely N-dealkylation sites (N-methyl/N-ethyl adjacent to an activating group) is 1. The van der Waals surface area contributed by atoms with E-state index in [1.807, 2.05) is 25.1 Å². The van der Waals surface area contributed by atoms with Crippen LogP contribution in [-0.2, 0) is 11.2 Å². The minimum absolute atomic E-state index is 0.190. The molecular weight excluding hydrogens is 150 g/mol. The second kappa shape index (κ2) is 2.63. The first-order chi connectivity index (χ1) is 5.83. The van der Waals surface area contributed by atoms with Gasteiger partial charge in [0, 0.05) is 12.6 Å². The number of nitrogens with zero attached hydrogens (tertiary/aromatic N) is 1. The van der Waals surface area contributed by atoms with E-state index in [-0.39, 0.29) is 5.91 Å². The summed E-state index contributed by atoms with van der Waals surface area (Å²) in [5, 5.41) is 0. The Morgan fingerprint density at radius 2 is 2.50 bits per heavy atom. The third-order valence-corrected chi connectivity index (χ3v) is 2.15. The number of benzene rings is 1. The molecule has 12 heavy (non-hydrogen) atoms. The highest BCUT2D eigenvalue weighted by atomic mass is 16.2. The van der Waals surface area contributed by atoms with Crippen LogP contribution in [-0.4, -0.2) is 12.5 Å². The van der Waals surface area contributed by atoms with Crippen LogP contribution in [0.25, 0.3) is 0 Å². The number of carbonyl (C=O) groups excluding carboxylic acids is 1. The molecule has 0 saturated carbocycles. The van der Waals surface area contributed by atoms with Crippen molar-refractivity contribution in [2.24, 2.45) is 0 Å². The van der Waals surface area contributed by atoms with E-state index in [1.54, 1.807) is 4.90 Å². The minimum Gasteiger partial charge on any atom is -0.311 e. The second-order valence-corrected chi connectivity index (χ2v) is 2.86. The van der Waals surface area contributed by atoms with Crippen molar-refractivity contribution in [3.8, 4) is 0 Å². The van der Waals surface area contributed by atoms with Crippen molar-refractivity contribution in [2.75, 3.05) is 11.4 Å². The summed E-state index contributed by atoms with van der Waals surface area (Å²) in [5.41, 5.74) is 2.06. The summed E-state index contributed by atoms with van der Waals surface area (Å²) >= 11 is 0. The summed E-state index contributed by atoms with van der Waals surface area (Å²) in [7, 11) is 0. The fraction of sp³-hybridized carbons (Fsp3) is 0.300. The molecule has 0 unspecified atom stereocenters. The fourth-order valence-electron chi connectivity index (χ4n) is 1.57. The lowest BCUT2D eigenvalue weighted by Gasteiger charge is -2.13. The van der Waals surface area contributed by atoms with E-state index in [4.69, 9.17) is 0 Å². The normalized spacial score (nSPS) is 15.1. The van der Waals surface area contributed by atoms with E-state index in [0.717, 1.165) is 17.8 Å². The number of fused-ring (bicyclic) bond motifs is 1. The number of rotatable bonds is 1. The van der Waals surface area contributed by atoms with E-state index < -0.39 is 0 Å². The maximum Gasteiger partial charge on any atom is 0.231 e. The Hall–Kier alpha value is -1.31. The van der Waals surface area contributed by atoms with E-state index in [2.05, 4.69) is 6.07 Å². The van der Waals surface area contributed by atoms with Gasteiger partial charge in [-0.1, -0.05) is 18.2 Å². The summed E-state index contributed by atoms with van der Waals surface area (Å²) < 4.78 is 0. The van der Waals surface area contributed by atoms with Gasteiger partial charge < -0.3 is 4.90 Å². The van der Waals surface area contributed by atoms with Gasteiger partial charge in [0.25, 0.3) is 0 Å². The molecule has 0 fully saturated rings. The summed E-state index contributed by atoms with van der Waals surface area (Å²) in [6, 6.07) is 8.84. The number of hydrogen-bond acceptors (Lipinski definition) is 1. The molecule has 1 aliphatic heterocycles. The Balaban J connectivity index is 2.47. The summed E-state index contributed by atoms with van der Waals surface area (Å²) in [6.45, 7) is 2.72. The lowest BCUT2D eigenvalue weighted by Crippen LogP contribution is -2.25. The molecule has 1 aromatic carbocycles. The highest BCUT2D eigenvalue weighted by Crippen LogP contribution is 2.26. The molecule has 1 radical (unpaired) electrons. The average molecular weight is 160 g/mol. The third-order valence-electron chi connectivity index (χ3n) is 2.15. The Labute approximate surface area is 71.8 Å². The van der Waals surface area contributed by atoms with Crippen molar-refractivity contribution in [2.45, 2.75) is 13.3 Å². The molecule has 0 aromatic heterocycles. The SMILES string of the molecule is CCN1C(=O)Cc2ccc[c]c21. The van der Waals surface area contributed by atoms with Crippen LogP contribution in [0.15, 0.2) is 18.2 Å². The van der Waals surface area contributed by atoms with E-state index >= 15 is 0 Å². The van der Waals surface area contributed by atoms with Crippen molar-refractivity contribution >= 4 is 11.6 Å². The van der Waals surface area contributed by atoms with Crippen molar-refractivity contribution in [3.63, 3.8) is 0 Å². The number of carbonyl (C=O) groups is 1. The van der Waals surface area contributed by atoms with Gasteiger partial charge in [-0.05, 0) is 12.5 Å². The van der Waals surface area contributed by atoms with Crippen LogP contribution in [0.2, 0.25) is 0 Å². The van der Waals surface area contributed by atoms with Gasteiger partial charge in [0.1, 0.15) is 0 Å². The zero-order valence-electron chi connectivity index (χ0n) is 7.00. The number of para-hydroxylation sites is 1. The largest absolute Gasteiger partial charge is 0.311 e. The van der Waals surface area contributed by atoms with Crippen LogP contribution in [0, 0.1) is 6.07 Å². The van der Waals surface area contributed by atoms with Gasteiger partial charge in [0.2, 0.25) is 5.91 Å². The topological polar surface area (TPSA) is 20.3 Å². The van der Waals surface area contributed by atoms with Crippen LogP contribution in [0.1, 0.15) is 12.5 Å². The standard InChI is InChI=1S/C10H10NO/c1-2-11-9-6-4-3-5-8(9)7-10(11)12/h3-5H,2,7H2,1H3. The van der Waals surface area contributed by atoms with Gasteiger partial charge in [-0.15, -0.1) is 0 Å². The Bertz CT molecular complexity index is 319. The van der Waals surface area contributed by atoms with Gasteiger partial charge in [0.05, 0.1) is 12.1 Å². The predicted molar refractivity (Wildman–Crippen MR) is 47.0 cm³/mol. The molecule has 1 aliphatic rings. The summed E-state index contributed by atoms with van der Waals surface area (Å²) in [4.78, 5) is 13.1. The Morgan fingerprint density at radius 3 is 3.25 bits per heavy atom. The number of amides is 1. The quantitative estimate of drug-likeness (QED) is 0.608. The van der Waals surface area contributed by atoms with Crippen molar-refractivity contribution in [1.82, 2.24) is 0 Å². The molecule has 61 valence electrons. The highest BCUT2D eigenvalue weighted by molar-refractivity contribution is 6.01. The van der Waals surface area contributed by atoms with Gasteiger partial charge >= 0.3 is 0 Å². The van der Waals surface area contributed by atoms with Crippen LogP contribution in [0.3, 0.4) is 0 Å². The van der Waals surface area contributed by atoms with Crippen LogP contribution < -0.4 is 4.90 Å². The molecule has 1 amide bonds. The monoisotopic (exact) mass is 160 g/mol. The zero-order chi connectivity index (χ0) is 8.55. The zero-order valence-corrected chi connectivity index (χ0v) is 7.00. The lowest BCUT2D eigenvalue weighted by atomic mass is 10.2. The Kier molecular flexibility index (Phi) is 1.61. The van der Waals surface area contributed by atoms with Crippen molar-refractivity contribution in [1.29, 1.82) is 0 Å². The van der Waals surface area contributed by atoms with Crippen LogP contribution in [0.5, 0.6) is 0 Å². The summed E-state index contributed by atoms with van der Waals surface area (Å²) in [5.74, 6) is 0.190.